The van der Waals surface area contributed by atoms with Crippen LogP contribution in [0.4, 0.5) is 0 Å². The maximum Gasteiger partial charge on any atom is 0.0623 e. The van der Waals surface area contributed by atoms with Gasteiger partial charge in [-0.05, 0) is 40.2 Å². The summed E-state index contributed by atoms with van der Waals surface area (Å²) in [7, 11) is 1.99. The van der Waals surface area contributed by atoms with Gasteiger partial charge in [0, 0.05) is 12.6 Å². The lowest BCUT2D eigenvalue weighted by Gasteiger charge is -2.20. The third kappa shape index (κ3) is 4.40. The van der Waals surface area contributed by atoms with E-state index in [4.69, 9.17) is 9.47 Å². The number of rotatable bonds is 6. The summed E-state index contributed by atoms with van der Waals surface area (Å²) >= 11 is 0. The standard InChI is InChI=1S/C11H23NO2/c1-9(2)14-8-10(12-3)7-11-5-4-6-13-11/h9-12H,4-8H2,1-3H3. The van der Waals surface area contributed by atoms with Crippen LogP contribution in [0.25, 0.3) is 0 Å². The second kappa shape index (κ2) is 6.38. The van der Waals surface area contributed by atoms with Crippen LogP contribution >= 0.6 is 0 Å². The molecule has 3 nitrogen and oxygen atoms in total. The Balaban J connectivity index is 2.16. The van der Waals surface area contributed by atoms with Crippen molar-refractivity contribution in [2.24, 2.45) is 0 Å². The molecule has 1 saturated heterocycles. The molecule has 0 radical (unpaired) electrons. The van der Waals surface area contributed by atoms with Gasteiger partial charge in [-0.2, -0.15) is 0 Å². The molecule has 0 spiro atoms. The molecule has 1 aliphatic heterocycles. The molecule has 0 aromatic rings. The molecule has 0 aromatic heterocycles. The second-order valence-corrected chi connectivity index (χ2v) is 4.24. The lowest BCUT2D eigenvalue weighted by atomic mass is 10.1. The molecule has 3 heteroatoms. The second-order valence-electron chi connectivity index (χ2n) is 4.24. The van der Waals surface area contributed by atoms with E-state index in [0.717, 1.165) is 19.6 Å². The van der Waals surface area contributed by atoms with Gasteiger partial charge in [0.2, 0.25) is 0 Å². The van der Waals surface area contributed by atoms with Crippen molar-refractivity contribution < 1.29 is 9.47 Å². The molecule has 0 bridgehead atoms. The molecular formula is C11H23NO2. The van der Waals surface area contributed by atoms with Gasteiger partial charge in [0.25, 0.3) is 0 Å². The Labute approximate surface area is 87.2 Å². The van der Waals surface area contributed by atoms with Crippen LogP contribution in [0.3, 0.4) is 0 Å². The van der Waals surface area contributed by atoms with Crippen molar-refractivity contribution in [1.82, 2.24) is 5.32 Å². The topological polar surface area (TPSA) is 30.5 Å². The fraction of sp³-hybridized carbons (Fsp3) is 1.00. The molecule has 0 amide bonds. The van der Waals surface area contributed by atoms with Gasteiger partial charge in [-0.3, -0.25) is 0 Å². The third-order valence-corrected chi connectivity index (χ3v) is 2.61. The Morgan fingerprint density at radius 2 is 2.29 bits per heavy atom. The maximum absolute atomic E-state index is 5.60. The van der Waals surface area contributed by atoms with E-state index >= 15 is 0 Å². The summed E-state index contributed by atoms with van der Waals surface area (Å²) in [5.74, 6) is 0. The smallest absolute Gasteiger partial charge is 0.0623 e. The summed E-state index contributed by atoms with van der Waals surface area (Å²) in [6.07, 6.45) is 4.26. The Hall–Kier alpha value is -0.120. The van der Waals surface area contributed by atoms with E-state index in [9.17, 15) is 0 Å². The monoisotopic (exact) mass is 201 g/mol. The van der Waals surface area contributed by atoms with Crippen molar-refractivity contribution >= 4 is 0 Å². The van der Waals surface area contributed by atoms with Crippen LogP contribution in [0, 0.1) is 0 Å². The van der Waals surface area contributed by atoms with Gasteiger partial charge in [0.15, 0.2) is 0 Å². The highest BCUT2D eigenvalue weighted by Crippen LogP contribution is 2.17. The Morgan fingerprint density at radius 3 is 2.79 bits per heavy atom. The van der Waals surface area contributed by atoms with E-state index in [1.54, 1.807) is 0 Å². The Morgan fingerprint density at radius 1 is 1.50 bits per heavy atom. The minimum atomic E-state index is 0.315. The normalized spacial score (nSPS) is 24.4. The Bertz CT molecular complexity index is 144. The van der Waals surface area contributed by atoms with Gasteiger partial charge in [-0.15, -0.1) is 0 Å². The molecule has 14 heavy (non-hydrogen) atoms. The largest absolute Gasteiger partial charge is 0.378 e. The van der Waals surface area contributed by atoms with E-state index in [0.29, 0.717) is 18.2 Å². The minimum absolute atomic E-state index is 0.315. The van der Waals surface area contributed by atoms with Crippen molar-refractivity contribution in [2.45, 2.75) is 51.4 Å². The highest BCUT2D eigenvalue weighted by atomic mass is 16.5. The van der Waals surface area contributed by atoms with Gasteiger partial charge in [-0.1, -0.05) is 0 Å². The summed E-state index contributed by atoms with van der Waals surface area (Å²) in [5, 5.41) is 3.28. The highest BCUT2D eigenvalue weighted by Gasteiger charge is 2.20. The summed E-state index contributed by atoms with van der Waals surface area (Å²) in [4.78, 5) is 0. The first kappa shape index (κ1) is 12.0. The molecule has 0 aliphatic carbocycles. The number of hydrogen-bond donors (Lipinski definition) is 1. The van der Waals surface area contributed by atoms with Gasteiger partial charge in [0.05, 0.1) is 18.8 Å². The average molecular weight is 201 g/mol. The van der Waals surface area contributed by atoms with Crippen molar-refractivity contribution in [3.8, 4) is 0 Å². The SMILES string of the molecule is CNC(COC(C)C)CC1CCCO1. The van der Waals surface area contributed by atoms with Gasteiger partial charge in [0.1, 0.15) is 0 Å². The molecule has 2 atom stereocenters. The fourth-order valence-electron chi connectivity index (χ4n) is 1.73. The lowest BCUT2D eigenvalue weighted by Crippen LogP contribution is -2.34. The molecule has 1 aliphatic rings. The van der Waals surface area contributed by atoms with E-state index in [1.165, 1.54) is 12.8 Å². The maximum atomic E-state index is 5.60. The molecule has 2 unspecified atom stereocenters. The fourth-order valence-corrected chi connectivity index (χ4v) is 1.73. The molecule has 84 valence electrons. The van der Waals surface area contributed by atoms with E-state index in [2.05, 4.69) is 19.2 Å². The number of ether oxygens (including phenoxy) is 2. The molecular weight excluding hydrogens is 178 g/mol. The van der Waals surface area contributed by atoms with Crippen LogP contribution in [-0.2, 0) is 9.47 Å². The zero-order valence-electron chi connectivity index (χ0n) is 9.58. The quantitative estimate of drug-likeness (QED) is 0.707. The van der Waals surface area contributed by atoms with Crippen LogP contribution < -0.4 is 5.32 Å². The Kier molecular flexibility index (Phi) is 5.45. The van der Waals surface area contributed by atoms with Crippen molar-refractivity contribution in [1.29, 1.82) is 0 Å². The molecule has 0 saturated carbocycles. The number of nitrogens with one attached hydrogen (secondary N) is 1. The zero-order valence-corrected chi connectivity index (χ0v) is 9.58. The first-order valence-corrected chi connectivity index (χ1v) is 5.63. The first-order chi connectivity index (χ1) is 6.72. The molecule has 1 fully saturated rings. The van der Waals surface area contributed by atoms with E-state index in [-0.39, 0.29) is 0 Å². The molecule has 1 N–H and O–H groups in total. The van der Waals surface area contributed by atoms with Gasteiger partial charge in [-0.25, -0.2) is 0 Å². The lowest BCUT2D eigenvalue weighted by molar-refractivity contribution is 0.0397. The summed E-state index contributed by atoms with van der Waals surface area (Å²) in [6, 6.07) is 0.431. The summed E-state index contributed by atoms with van der Waals surface area (Å²) in [6.45, 7) is 5.86. The van der Waals surface area contributed by atoms with Gasteiger partial charge >= 0.3 is 0 Å². The highest BCUT2D eigenvalue weighted by molar-refractivity contribution is 4.73. The zero-order chi connectivity index (χ0) is 10.4. The van der Waals surface area contributed by atoms with E-state index < -0.39 is 0 Å². The van der Waals surface area contributed by atoms with Crippen LogP contribution in [0.2, 0.25) is 0 Å². The number of hydrogen-bond acceptors (Lipinski definition) is 3. The average Bonchev–Trinajstić information content (AvgIpc) is 2.64. The van der Waals surface area contributed by atoms with Crippen molar-refractivity contribution in [3.63, 3.8) is 0 Å². The van der Waals surface area contributed by atoms with Crippen LogP contribution in [0.15, 0.2) is 0 Å². The molecule has 1 heterocycles. The van der Waals surface area contributed by atoms with Crippen molar-refractivity contribution in [3.05, 3.63) is 0 Å². The van der Waals surface area contributed by atoms with Gasteiger partial charge < -0.3 is 14.8 Å². The van der Waals surface area contributed by atoms with Crippen LogP contribution in [-0.4, -0.2) is 38.5 Å². The molecule has 1 rings (SSSR count). The summed E-state index contributed by atoms with van der Waals surface area (Å²) in [5.41, 5.74) is 0. The van der Waals surface area contributed by atoms with Crippen LogP contribution in [0.5, 0.6) is 0 Å². The minimum Gasteiger partial charge on any atom is -0.378 e. The first-order valence-electron chi connectivity index (χ1n) is 5.63. The van der Waals surface area contributed by atoms with E-state index in [1.807, 2.05) is 7.05 Å². The molecule has 0 aromatic carbocycles. The number of likely N-dealkylation sites (N-methyl/N-ethyl adjacent to an activating group) is 1. The van der Waals surface area contributed by atoms with Crippen molar-refractivity contribution in [2.75, 3.05) is 20.3 Å². The van der Waals surface area contributed by atoms with Crippen LogP contribution in [0.1, 0.15) is 33.1 Å². The predicted molar refractivity (Wildman–Crippen MR) is 57.5 cm³/mol. The predicted octanol–water partition coefficient (Wildman–Crippen LogP) is 1.57. The summed E-state index contributed by atoms with van der Waals surface area (Å²) < 4.78 is 11.2. The third-order valence-electron chi connectivity index (χ3n) is 2.61.